The van der Waals surface area contributed by atoms with Crippen molar-refractivity contribution in [2.24, 2.45) is 11.3 Å². The number of pyridine rings is 2. The van der Waals surface area contributed by atoms with Crippen molar-refractivity contribution in [1.29, 1.82) is 5.26 Å². The van der Waals surface area contributed by atoms with Crippen LogP contribution in [0, 0.1) is 22.7 Å². The van der Waals surface area contributed by atoms with E-state index in [1.54, 1.807) is 12.3 Å². The number of ether oxygens (including phenoxy) is 3. The minimum Gasteiger partial charge on any atom is -0.495 e. The average molecular weight is 597 g/mol. The fourth-order valence-corrected chi connectivity index (χ4v) is 6.11. The van der Waals surface area contributed by atoms with Gasteiger partial charge in [-0.25, -0.2) is 9.97 Å². The molecule has 11 heteroatoms. The molecule has 3 atom stereocenters. The number of carbonyl (C=O) groups is 1. The van der Waals surface area contributed by atoms with Gasteiger partial charge in [0.15, 0.2) is 5.78 Å². The van der Waals surface area contributed by atoms with Gasteiger partial charge in [-0.1, -0.05) is 29.8 Å². The van der Waals surface area contributed by atoms with Gasteiger partial charge in [-0.2, -0.15) is 5.26 Å². The summed E-state index contributed by atoms with van der Waals surface area (Å²) in [5.41, 5.74) is 0.508. The minimum absolute atomic E-state index is 0.0141. The second-order valence-corrected chi connectivity index (χ2v) is 11.4. The Labute approximate surface area is 249 Å². The van der Waals surface area contributed by atoms with E-state index in [2.05, 4.69) is 27.8 Å². The molecule has 1 aromatic carbocycles. The molecule has 4 heterocycles. The van der Waals surface area contributed by atoms with Gasteiger partial charge >= 0.3 is 0 Å². The topological polar surface area (TPSA) is 110 Å². The number of nitrogens with zero attached hydrogens (tertiary/aromatic N) is 4. The number of rotatable bonds is 9. The van der Waals surface area contributed by atoms with Crippen LogP contribution in [0.15, 0.2) is 37.1 Å². The highest BCUT2D eigenvalue weighted by Crippen LogP contribution is 2.47. The maximum atomic E-state index is 12.0. The van der Waals surface area contributed by atoms with Crippen LogP contribution in [0.4, 0.5) is 11.6 Å². The van der Waals surface area contributed by atoms with Crippen molar-refractivity contribution in [2.45, 2.75) is 25.8 Å². The summed E-state index contributed by atoms with van der Waals surface area (Å²) in [4.78, 5) is 23.9. The van der Waals surface area contributed by atoms with Crippen LogP contribution < -0.4 is 19.7 Å². The molecule has 0 aliphatic carbocycles. The van der Waals surface area contributed by atoms with Crippen LogP contribution in [0.2, 0.25) is 10.0 Å². The first-order valence-corrected chi connectivity index (χ1v) is 14.0. The lowest BCUT2D eigenvalue weighted by Crippen LogP contribution is -2.29. The minimum atomic E-state index is -0.501. The number of carbonyl (C=O) groups excluding carboxylic acids is 1. The number of nitriles is 1. The number of fused-ring (bicyclic) bond motifs is 1. The number of ketones is 1. The van der Waals surface area contributed by atoms with Crippen molar-refractivity contribution < 1.29 is 19.0 Å². The van der Waals surface area contributed by atoms with E-state index in [0.717, 1.165) is 10.8 Å². The zero-order valence-corrected chi connectivity index (χ0v) is 24.7. The zero-order valence-electron chi connectivity index (χ0n) is 23.2. The van der Waals surface area contributed by atoms with Crippen molar-refractivity contribution in [3.63, 3.8) is 0 Å². The van der Waals surface area contributed by atoms with Crippen LogP contribution in [0.5, 0.6) is 11.5 Å². The summed E-state index contributed by atoms with van der Waals surface area (Å²) >= 11 is 13.5. The van der Waals surface area contributed by atoms with Crippen LogP contribution in [-0.4, -0.2) is 62.3 Å². The second kappa shape index (κ2) is 11.7. The third kappa shape index (κ3) is 5.65. The lowest BCUT2D eigenvalue weighted by Gasteiger charge is -2.23. The molecule has 1 N–H and O–H groups in total. The van der Waals surface area contributed by atoms with E-state index in [0.29, 0.717) is 83.6 Å². The summed E-state index contributed by atoms with van der Waals surface area (Å²) in [6.45, 7) is 7.68. The third-order valence-corrected chi connectivity index (χ3v) is 8.54. The molecule has 0 spiro atoms. The lowest BCUT2D eigenvalue weighted by atomic mass is 9.92. The molecule has 5 rings (SSSR count). The molecule has 2 saturated heterocycles. The summed E-state index contributed by atoms with van der Waals surface area (Å²) < 4.78 is 16.6. The SMILES string of the molecule is C=CC(=O)C[C@H]1COC[C@H]1Nc1cc2c(N3CCC(C)(C#N)C3)nc(-c3c(Cl)c(OC)cc(OC)c3Cl)cc2cn1. The highest BCUT2D eigenvalue weighted by atomic mass is 35.5. The molecule has 2 aliphatic rings. The van der Waals surface area contributed by atoms with E-state index in [4.69, 9.17) is 42.4 Å². The molecule has 0 radical (unpaired) electrons. The number of allylic oxidation sites excluding steroid dienone is 1. The monoisotopic (exact) mass is 595 g/mol. The fraction of sp³-hybridized carbons (Fsp3) is 0.400. The lowest BCUT2D eigenvalue weighted by molar-refractivity contribution is -0.115. The molecule has 0 saturated carbocycles. The first-order chi connectivity index (χ1) is 19.7. The standard InChI is InChI=1S/C30H31Cl2N5O4/c1-5-19(38)8-18-13-41-14-22(18)35-25-10-20-17(12-34-25)9-21(36-29(20)37-7-6-30(2,15-33)16-37)26-27(31)23(39-3)11-24(40-4)28(26)32/h5,9-12,18,22H,1,6-8,13-14,16H2,2-4H3,(H,34,35)/t18-,22+,30?/m0/s1. The molecule has 3 aromatic rings. The molecular formula is C30H31Cl2N5O4. The van der Waals surface area contributed by atoms with Gasteiger partial charge < -0.3 is 24.4 Å². The Morgan fingerprint density at radius 1 is 1.27 bits per heavy atom. The first-order valence-electron chi connectivity index (χ1n) is 13.3. The molecule has 2 aromatic heterocycles. The molecule has 2 fully saturated rings. The largest absolute Gasteiger partial charge is 0.495 e. The Hall–Kier alpha value is -3.58. The molecule has 1 unspecified atom stereocenters. The average Bonchev–Trinajstić information content (AvgIpc) is 3.59. The van der Waals surface area contributed by atoms with Crippen molar-refractivity contribution in [2.75, 3.05) is 50.7 Å². The van der Waals surface area contributed by atoms with Gasteiger partial charge in [0, 0.05) is 54.0 Å². The van der Waals surface area contributed by atoms with Crippen molar-refractivity contribution in [3.8, 4) is 28.8 Å². The van der Waals surface area contributed by atoms with E-state index in [1.807, 2.05) is 19.1 Å². The summed E-state index contributed by atoms with van der Waals surface area (Å²) in [5.74, 6) is 2.15. The Morgan fingerprint density at radius 3 is 2.63 bits per heavy atom. The van der Waals surface area contributed by atoms with Crippen molar-refractivity contribution >= 4 is 51.4 Å². The Balaban J connectivity index is 1.61. The Kier molecular flexibility index (Phi) is 8.28. The summed E-state index contributed by atoms with van der Waals surface area (Å²) in [6.07, 6.45) is 4.18. The number of hydrogen-bond donors (Lipinski definition) is 1. The summed E-state index contributed by atoms with van der Waals surface area (Å²) in [7, 11) is 3.05. The zero-order chi connectivity index (χ0) is 29.3. The van der Waals surface area contributed by atoms with E-state index in [-0.39, 0.29) is 17.7 Å². The predicted molar refractivity (Wildman–Crippen MR) is 160 cm³/mol. The molecule has 41 heavy (non-hydrogen) atoms. The number of benzene rings is 1. The normalized spacial score (nSPS) is 22.0. The third-order valence-electron chi connectivity index (χ3n) is 7.79. The first kappa shape index (κ1) is 28.9. The van der Waals surface area contributed by atoms with Crippen molar-refractivity contribution in [1.82, 2.24) is 9.97 Å². The molecule has 0 bridgehead atoms. The number of methoxy groups -OCH3 is 2. The van der Waals surface area contributed by atoms with Crippen LogP contribution in [-0.2, 0) is 9.53 Å². The number of anilines is 2. The van der Waals surface area contributed by atoms with E-state index in [1.165, 1.54) is 20.3 Å². The highest BCUT2D eigenvalue weighted by Gasteiger charge is 2.36. The van der Waals surface area contributed by atoms with Crippen LogP contribution in [0.25, 0.3) is 22.0 Å². The molecular weight excluding hydrogens is 565 g/mol. The van der Waals surface area contributed by atoms with Gasteiger partial charge in [-0.05, 0) is 31.6 Å². The van der Waals surface area contributed by atoms with Gasteiger partial charge in [-0.3, -0.25) is 4.79 Å². The second-order valence-electron chi connectivity index (χ2n) is 10.7. The molecule has 2 aliphatic heterocycles. The molecule has 0 amide bonds. The van der Waals surface area contributed by atoms with Gasteiger partial charge in [-0.15, -0.1) is 0 Å². The smallest absolute Gasteiger partial charge is 0.155 e. The van der Waals surface area contributed by atoms with Crippen LogP contribution >= 0.6 is 23.2 Å². The fourth-order valence-electron chi connectivity index (χ4n) is 5.41. The summed E-state index contributed by atoms with van der Waals surface area (Å²) in [5, 5.41) is 15.6. The quantitative estimate of drug-likeness (QED) is 0.301. The van der Waals surface area contributed by atoms with Gasteiger partial charge in [0.2, 0.25) is 0 Å². The van der Waals surface area contributed by atoms with Crippen LogP contribution in [0.1, 0.15) is 19.8 Å². The van der Waals surface area contributed by atoms with E-state index >= 15 is 0 Å². The predicted octanol–water partition coefficient (Wildman–Crippen LogP) is 5.93. The number of hydrogen-bond acceptors (Lipinski definition) is 9. The molecule has 9 nitrogen and oxygen atoms in total. The maximum absolute atomic E-state index is 12.0. The number of aromatic nitrogens is 2. The molecule has 214 valence electrons. The Morgan fingerprint density at radius 2 is 2.00 bits per heavy atom. The van der Waals surface area contributed by atoms with Crippen molar-refractivity contribution in [3.05, 3.63) is 47.1 Å². The van der Waals surface area contributed by atoms with Gasteiger partial charge in [0.25, 0.3) is 0 Å². The van der Waals surface area contributed by atoms with Gasteiger partial charge in [0.05, 0.1) is 60.7 Å². The van der Waals surface area contributed by atoms with Gasteiger partial charge in [0.1, 0.15) is 23.1 Å². The maximum Gasteiger partial charge on any atom is 0.155 e. The van der Waals surface area contributed by atoms with E-state index in [9.17, 15) is 10.1 Å². The van der Waals surface area contributed by atoms with E-state index < -0.39 is 5.41 Å². The Bertz CT molecular complexity index is 1530. The van der Waals surface area contributed by atoms with Crippen LogP contribution in [0.3, 0.4) is 0 Å². The number of halogens is 2. The number of nitrogens with one attached hydrogen (secondary N) is 1. The summed E-state index contributed by atoms with van der Waals surface area (Å²) in [6, 6.07) is 7.84. The highest BCUT2D eigenvalue weighted by molar-refractivity contribution is 6.41.